The number of aliphatic carboxylic acids is 1. The number of hydrogen-bond donors (Lipinski definition) is 1. The summed E-state index contributed by atoms with van der Waals surface area (Å²) < 4.78 is 7.13. The second kappa shape index (κ2) is 6.68. The molecule has 0 saturated carbocycles. The minimum absolute atomic E-state index is 0.240. The second-order valence-electron chi connectivity index (χ2n) is 4.94. The number of aromatic nitrogens is 2. The third-order valence-electron chi connectivity index (χ3n) is 3.56. The van der Waals surface area contributed by atoms with Crippen molar-refractivity contribution in [2.75, 3.05) is 26.8 Å². The van der Waals surface area contributed by atoms with E-state index in [0.29, 0.717) is 19.7 Å². The summed E-state index contributed by atoms with van der Waals surface area (Å²) in [5, 5.41) is 9.09. The monoisotopic (exact) mass is 267 g/mol. The van der Waals surface area contributed by atoms with Gasteiger partial charge in [-0.3, -0.25) is 9.69 Å². The third kappa shape index (κ3) is 3.78. The number of carbonyl (C=O) groups is 1. The Kier molecular flexibility index (Phi) is 4.93. The fraction of sp³-hybridized carbons (Fsp3) is 0.692. The molecule has 1 saturated heterocycles. The molecular formula is C13H21N3O3. The topological polar surface area (TPSA) is 67.6 Å². The Morgan fingerprint density at radius 2 is 2.47 bits per heavy atom. The first kappa shape index (κ1) is 14.0. The van der Waals surface area contributed by atoms with Gasteiger partial charge in [0.15, 0.2) is 0 Å². The number of imidazole rings is 1. The van der Waals surface area contributed by atoms with E-state index in [4.69, 9.17) is 9.84 Å². The van der Waals surface area contributed by atoms with E-state index in [1.165, 1.54) is 0 Å². The van der Waals surface area contributed by atoms with E-state index >= 15 is 0 Å². The fourth-order valence-electron chi connectivity index (χ4n) is 2.49. The van der Waals surface area contributed by atoms with Crippen LogP contribution in [0.4, 0.5) is 0 Å². The lowest BCUT2D eigenvalue weighted by atomic mass is 9.98. The number of nitrogens with zero attached hydrogens (tertiary/aromatic N) is 3. The Morgan fingerprint density at radius 1 is 1.63 bits per heavy atom. The molecule has 1 aromatic rings. The lowest BCUT2D eigenvalue weighted by molar-refractivity contribution is -0.143. The van der Waals surface area contributed by atoms with Gasteiger partial charge in [-0.25, -0.2) is 4.98 Å². The first-order valence-corrected chi connectivity index (χ1v) is 6.65. The van der Waals surface area contributed by atoms with Crippen molar-refractivity contribution in [2.45, 2.75) is 25.9 Å². The van der Waals surface area contributed by atoms with E-state index in [1.807, 2.05) is 6.20 Å². The molecule has 2 heterocycles. The summed E-state index contributed by atoms with van der Waals surface area (Å²) in [4.78, 5) is 17.6. The standard InChI is InChI=1S/C13H21N3O3/c1-19-8-7-16-6-4-14-12(16)10-15-5-2-3-11(9-15)13(17)18/h4,6,11H,2-3,5,7-10H2,1H3,(H,17,18)/t11-/m0/s1. The van der Waals surface area contributed by atoms with Gasteiger partial charge < -0.3 is 14.4 Å². The van der Waals surface area contributed by atoms with Crippen molar-refractivity contribution in [3.8, 4) is 0 Å². The molecule has 1 aliphatic heterocycles. The Labute approximate surface area is 113 Å². The summed E-state index contributed by atoms with van der Waals surface area (Å²) in [7, 11) is 1.68. The van der Waals surface area contributed by atoms with Crippen LogP contribution in [0, 0.1) is 5.92 Å². The SMILES string of the molecule is COCCn1ccnc1CN1CCC[C@H](C(=O)O)C1. The number of ether oxygens (including phenoxy) is 1. The van der Waals surface area contributed by atoms with Crippen LogP contribution in [0.15, 0.2) is 12.4 Å². The zero-order chi connectivity index (χ0) is 13.7. The van der Waals surface area contributed by atoms with Crippen LogP contribution in [0.2, 0.25) is 0 Å². The molecule has 6 heteroatoms. The van der Waals surface area contributed by atoms with E-state index in [9.17, 15) is 4.79 Å². The molecule has 106 valence electrons. The molecule has 1 atom stereocenters. The molecular weight excluding hydrogens is 246 g/mol. The van der Waals surface area contributed by atoms with Gasteiger partial charge in [-0.15, -0.1) is 0 Å². The van der Waals surface area contributed by atoms with Gasteiger partial charge in [-0.2, -0.15) is 0 Å². The average Bonchev–Trinajstić information content (AvgIpc) is 2.84. The zero-order valence-corrected chi connectivity index (χ0v) is 11.3. The molecule has 0 spiro atoms. The molecule has 1 fully saturated rings. The fourth-order valence-corrected chi connectivity index (χ4v) is 2.49. The van der Waals surface area contributed by atoms with Crippen LogP contribution >= 0.6 is 0 Å². The Morgan fingerprint density at radius 3 is 3.21 bits per heavy atom. The van der Waals surface area contributed by atoms with E-state index in [1.54, 1.807) is 13.3 Å². The summed E-state index contributed by atoms with van der Waals surface area (Å²) in [5.74, 6) is 0.0478. The maximum atomic E-state index is 11.0. The van der Waals surface area contributed by atoms with Crippen LogP contribution in [0.3, 0.4) is 0 Å². The number of likely N-dealkylation sites (tertiary alicyclic amines) is 1. The highest BCUT2D eigenvalue weighted by atomic mass is 16.5. The van der Waals surface area contributed by atoms with Crippen LogP contribution < -0.4 is 0 Å². The molecule has 6 nitrogen and oxygen atoms in total. The highest BCUT2D eigenvalue weighted by Gasteiger charge is 2.25. The van der Waals surface area contributed by atoms with Crippen molar-refractivity contribution >= 4 is 5.97 Å². The van der Waals surface area contributed by atoms with Gasteiger partial charge >= 0.3 is 5.97 Å². The Bertz CT molecular complexity index is 419. The molecule has 19 heavy (non-hydrogen) atoms. The Balaban J connectivity index is 1.93. The summed E-state index contributed by atoms with van der Waals surface area (Å²) >= 11 is 0. The van der Waals surface area contributed by atoms with Gasteiger partial charge in [0.2, 0.25) is 0 Å². The number of hydrogen-bond acceptors (Lipinski definition) is 4. The Hall–Kier alpha value is -1.40. The minimum Gasteiger partial charge on any atom is -0.481 e. The number of piperidine rings is 1. The van der Waals surface area contributed by atoms with Crippen molar-refractivity contribution in [3.63, 3.8) is 0 Å². The van der Waals surface area contributed by atoms with Gasteiger partial charge in [-0.05, 0) is 19.4 Å². The second-order valence-corrected chi connectivity index (χ2v) is 4.94. The normalized spacial score (nSPS) is 20.6. The average molecular weight is 267 g/mol. The predicted octanol–water partition coefficient (Wildman–Crippen LogP) is 0.826. The van der Waals surface area contributed by atoms with E-state index in [0.717, 1.165) is 31.8 Å². The molecule has 0 radical (unpaired) electrons. The van der Waals surface area contributed by atoms with Gasteiger partial charge in [0.1, 0.15) is 5.82 Å². The molecule has 0 bridgehead atoms. The summed E-state index contributed by atoms with van der Waals surface area (Å²) in [6.45, 7) is 3.71. The first-order chi connectivity index (χ1) is 9.20. The van der Waals surface area contributed by atoms with Crippen LogP contribution in [0.1, 0.15) is 18.7 Å². The smallest absolute Gasteiger partial charge is 0.307 e. The maximum absolute atomic E-state index is 11.0. The largest absolute Gasteiger partial charge is 0.481 e. The zero-order valence-electron chi connectivity index (χ0n) is 11.3. The molecule has 2 rings (SSSR count). The number of carboxylic acids is 1. The molecule has 0 unspecified atom stereocenters. The summed E-state index contributed by atoms with van der Waals surface area (Å²) in [6, 6.07) is 0. The third-order valence-corrected chi connectivity index (χ3v) is 3.56. The lowest BCUT2D eigenvalue weighted by Gasteiger charge is -2.30. The number of carboxylic acid groups (broad SMARTS) is 1. The van der Waals surface area contributed by atoms with Crippen molar-refractivity contribution in [3.05, 3.63) is 18.2 Å². The van der Waals surface area contributed by atoms with Gasteiger partial charge in [0.25, 0.3) is 0 Å². The maximum Gasteiger partial charge on any atom is 0.307 e. The highest BCUT2D eigenvalue weighted by molar-refractivity contribution is 5.70. The molecule has 0 aliphatic carbocycles. The van der Waals surface area contributed by atoms with Gasteiger partial charge in [0, 0.05) is 32.6 Å². The molecule has 1 aromatic heterocycles. The number of rotatable bonds is 6. The van der Waals surface area contributed by atoms with E-state index in [2.05, 4.69) is 14.5 Å². The van der Waals surface area contributed by atoms with Crippen LogP contribution in [0.25, 0.3) is 0 Å². The van der Waals surface area contributed by atoms with E-state index in [-0.39, 0.29) is 5.92 Å². The summed E-state index contributed by atoms with van der Waals surface area (Å²) in [6.07, 6.45) is 5.44. The van der Waals surface area contributed by atoms with Crippen molar-refractivity contribution in [2.24, 2.45) is 5.92 Å². The van der Waals surface area contributed by atoms with Crippen LogP contribution in [-0.2, 0) is 22.6 Å². The summed E-state index contributed by atoms with van der Waals surface area (Å²) in [5.41, 5.74) is 0. The van der Waals surface area contributed by atoms with Crippen molar-refractivity contribution in [1.29, 1.82) is 0 Å². The van der Waals surface area contributed by atoms with Crippen LogP contribution in [-0.4, -0.2) is 52.3 Å². The minimum atomic E-state index is -0.688. The molecule has 1 aliphatic rings. The highest BCUT2D eigenvalue weighted by Crippen LogP contribution is 2.18. The van der Waals surface area contributed by atoms with Gasteiger partial charge in [-0.1, -0.05) is 0 Å². The van der Waals surface area contributed by atoms with Crippen molar-refractivity contribution < 1.29 is 14.6 Å². The molecule has 1 N–H and O–H groups in total. The molecule has 0 amide bonds. The van der Waals surface area contributed by atoms with E-state index < -0.39 is 5.97 Å². The first-order valence-electron chi connectivity index (χ1n) is 6.65. The number of methoxy groups -OCH3 is 1. The van der Waals surface area contributed by atoms with Gasteiger partial charge in [0.05, 0.1) is 19.1 Å². The predicted molar refractivity (Wildman–Crippen MR) is 69.7 cm³/mol. The molecule has 0 aromatic carbocycles. The quantitative estimate of drug-likeness (QED) is 0.826. The van der Waals surface area contributed by atoms with Crippen molar-refractivity contribution in [1.82, 2.24) is 14.5 Å². The lowest BCUT2D eigenvalue weighted by Crippen LogP contribution is -2.38. The van der Waals surface area contributed by atoms with Crippen LogP contribution in [0.5, 0.6) is 0 Å².